The van der Waals surface area contributed by atoms with Gasteiger partial charge in [0.2, 0.25) is 17.6 Å². The van der Waals surface area contributed by atoms with E-state index in [-0.39, 0.29) is 29.0 Å². The summed E-state index contributed by atoms with van der Waals surface area (Å²) in [7, 11) is -2.29. The lowest BCUT2D eigenvalue weighted by Gasteiger charge is -2.35. The second kappa shape index (κ2) is 17.8. The number of amides is 5. The van der Waals surface area contributed by atoms with Crippen LogP contribution in [0.3, 0.4) is 0 Å². The summed E-state index contributed by atoms with van der Waals surface area (Å²) in [5.74, 6) is -3.04. The molecule has 0 aliphatic carbocycles. The van der Waals surface area contributed by atoms with Gasteiger partial charge < -0.3 is 26.6 Å². The van der Waals surface area contributed by atoms with E-state index in [0.717, 1.165) is 43.4 Å². The zero-order valence-electron chi connectivity index (χ0n) is 29.8. The van der Waals surface area contributed by atoms with E-state index in [1.807, 2.05) is 34.6 Å². The van der Waals surface area contributed by atoms with Crippen molar-refractivity contribution in [1.29, 1.82) is 0 Å². The van der Waals surface area contributed by atoms with Gasteiger partial charge in [0.1, 0.15) is 16.3 Å². The van der Waals surface area contributed by atoms with Crippen molar-refractivity contribution in [3.8, 4) is 0 Å². The quantitative estimate of drug-likeness (QED) is 0.281. The molecule has 13 nitrogen and oxygen atoms in total. The number of nitrogens with one attached hydrogen (secondary N) is 3. The summed E-state index contributed by atoms with van der Waals surface area (Å²) in [6.45, 7) is 9.95. The summed E-state index contributed by atoms with van der Waals surface area (Å²) in [6.07, 6.45) is 7.04. The van der Waals surface area contributed by atoms with Crippen LogP contribution < -0.4 is 21.7 Å². The van der Waals surface area contributed by atoms with E-state index in [4.69, 9.17) is 5.73 Å². The molecule has 0 radical (unpaired) electrons. The number of fused-ring (bicyclic) bond motifs is 1. The summed E-state index contributed by atoms with van der Waals surface area (Å²) in [5.41, 5.74) is 4.79. The zero-order chi connectivity index (χ0) is 36.5. The van der Waals surface area contributed by atoms with Gasteiger partial charge in [-0.05, 0) is 48.0 Å². The monoisotopic (exact) mass is 724 g/mol. The van der Waals surface area contributed by atoms with Gasteiger partial charge in [0, 0.05) is 26.2 Å². The Morgan fingerprint density at radius 2 is 1.65 bits per heavy atom. The second-order valence-corrected chi connectivity index (χ2v) is 18.0. The number of carbonyl (C=O) groups excluding carboxylic acids is 5. The van der Waals surface area contributed by atoms with E-state index in [9.17, 15) is 32.4 Å². The Labute approximate surface area is 295 Å². The third kappa shape index (κ3) is 11.0. The number of hydrogen-bond donors (Lipinski definition) is 4. The van der Waals surface area contributed by atoms with Gasteiger partial charge in [-0.3, -0.25) is 19.2 Å². The lowest BCUT2D eigenvalue weighted by atomic mass is 9.86. The Hall–Kier alpha value is -3.04. The summed E-state index contributed by atoms with van der Waals surface area (Å²) >= 11 is 1.12. The number of nitrogens with two attached hydrogens (primary N) is 1. The van der Waals surface area contributed by atoms with Crippen molar-refractivity contribution in [2.75, 3.05) is 20.1 Å². The lowest BCUT2D eigenvalue weighted by molar-refractivity contribution is -0.143. The maximum Gasteiger partial charge on any atom is 0.315 e. The third-order valence-corrected chi connectivity index (χ3v) is 13.0. The molecule has 0 bridgehead atoms. The smallest absolute Gasteiger partial charge is 0.315 e. The molecule has 2 aliphatic heterocycles. The highest BCUT2D eigenvalue weighted by Crippen LogP contribution is 2.32. The summed E-state index contributed by atoms with van der Waals surface area (Å²) in [4.78, 5) is 67.8. The molecule has 2 saturated heterocycles. The van der Waals surface area contributed by atoms with Crippen LogP contribution >= 0.6 is 11.3 Å². The van der Waals surface area contributed by atoms with E-state index in [1.54, 1.807) is 11.4 Å². The molecule has 3 rings (SSSR count). The molecule has 5 N–H and O–H groups in total. The maximum absolute atomic E-state index is 14.3. The van der Waals surface area contributed by atoms with Crippen molar-refractivity contribution in [3.05, 3.63) is 17.5 Å². The van der Waals surface area contributed by atoms with Gasteiger partial charge in [-0.1, -0.05) is 85.6 Å². The number of nitrogens with zero attached hydrogens (tertiary/aromatic N) is 2. The molecule has 276 valence electrons. The fourth-order valence-electron chi connectivity index (χ4n) is 6.65. The number of sulfonamides is 1. The molecule has 2 aliphatic rings. The van der Waals surface area contributed by atoms with Gasteiger partial charge in [0.05, 0.1) is 6.04 Å². The Morgan fingerprint density at radius 1 is 1.04 bits per heavy atom. The fraction of sp³-hybridized carbons (Fsp3) is 0.735. The van der Waals surface area contributed by atoms with Crippen LogP contribution in [0, 0.1) is 17.3 Å². The maximum atomic E-state index is 14.3. The molecule has 5 amide bonds. The minimum atomic E-state index is -3.76. The first-order chi connectivity index (χ1) is 22.9. The molecular weight excluding hydrogens is 669 g/mol. The van der Waals surface area contributed by atoms with Crippen LogP contribution in [0.15, 0.2) is 21.7 Å². The molecule has 0 spiro atoms. The molecule has 49 heavy (non-hydrogen) atoms. The van der Waals surface area contributed by atoms with Gasteiger partial charge in [0.15, 0.2) is 0 Å². The standard InChI is InChI=1S/C34H56N6O7S2/c1-22(2)23-18-19-40-28(23)31(43)36-24(29(41)30(35)42)15-12-10-8-7-9-11-13-16-25(32(40)44)37-33(45)38-26(34(3,4)5)21-39(6)49(46,47)27-17-14-20-48-27/h14,17,20,22-26,28H,7-13,15-16,18-19,21H2,1-6H3,(H2,35,42)(H,36,43)(H2,37,38,45)/t23-,24+,25+,26-,28+/m1/s1. The van der Waals surface area contributed by atoms with Crippen molar-refractivity contribution in [2.45, 2.75) is 127 Å². The number of rotatable bonds is 9. The molecular formula is C34H56N6O7S2. The largest absolute Gasteiger partial charge is 0.363 e. The lowest BCUT2D eigenvalue weighted by Crippen LogP contribution is -2.60. The molecule has 2 fully saturated rings. The number of primary amides is 1. The van der Waals surface area contributed by atoms with Crippen LogP contribution in [0.25, 0.3) is 0 Å². The minimum Gasteiger partial charge on any atom is -0.363 e. The predicted octanol–water partition coefficient (Wildman–Crippen LogP) is 3.39. The minimum absolute atomic E-state index is 0.00535. The molecule has 0 saturated carbocycles. The van der Waals surface area contributed by atoms with Crippen molar-refractivity contribution in [1.82, 2.24) is 25.2 Å². The van der Waals surface area contributed by atoms with E-state index < -0.39 is 69.1 Å². The molecule has 1 aromatic heterocycles. The van der Waals surface area contributed by atoms with Gasteiger partial charge in [-0.2, -0.15) is 4.31 Å². The Morgan fingerprint density at radius 3 is 2.20 bits per heavy atom. The zero-order valence-corrected chi connectivity index (χ0v) is 31.5. The third-order valence-electron chi connectivity index (χ3n) is 9.77. The van der Waals surface area contributed by atoms with Crippen LogP contribution in [-0.4, -0.2) is 91.5 Å². The number of Topliss-reactive ketones (excluding diaryl/α,β-unsaturated/α-hetero) is 1. The number of ketones is 1. The van der Waals surface area contributed by atoms with E-state index in [0.29, 0.717) is 32.2 Å². The van der Waals surface area contributed by atoms with Crippen LogP contribution in [0.4, 0.5) is 4.79 Å². The normalized spacial score (nSPS) is 24.3. The van der Waals surface area contributed by atoms with E-state index >= 15 is 0 Å². The number of carbonyl (C=O) groups is 5. The molecule has 15 heteroatoms. The number of urea groups is 1. The second-order valence-electron chi connectivity index (χ2n) is 14.8. The summed E-state index contributed by atoms with van der Waals surface area (Å²) < 4.78 is 27.7. The molecule has 0 aromatic carbocycles. The van der Waals surface area contributed by atoms with Gasteiger partial charge >= 0.3 is 6.03 Å². The fourth-order valence-corrected chi connectivity index (χ4v) is 9.03. The highest BCUT2D eigenvalue weighted by molar-refractivity contribution is 7.91. The molecule has 3 heterocycles. The number of hydrogen-bond acceptors (Lipinski definition) is 8. The molecule has 0 unspecified atom stereocenters. The van der Waals surface area contributed by atoms with Gasteiger partial charge in [-0.25, -0.2) is 13.2 Å². The molecule has 1 aromatic rings. The SMILES string of the molecule is CC(C)[C@H]1CCN2C(=O)[C@@H](NC(=O)N[C@H](CN(C)S(=O)(=O)c3cccs3)C(C)(C)C)CCCCCCCCC[C@@H](C(=O)C(N)=O)NC(=O)[C@H]12. The van der Waals surface area contributed by atoms with Crippen molar-refractivity contribution in [3.63, 3.8) is 0 Å². The van der Waals surface area contributed by atoms with E-state index in [1.165, 1.54) is 22.3 Å². The van der Waals surface area contributed by atoms with Crippen LogP contribution in [-0.2, 0) is 29.2 Å². The first-order valence-corrected chi connectivity index (χ1v) is 19.8. The highest BCUT2D eigenvalue weighted by atomic mass is 32.2. The van der Waals surface area contributed by atoms with Gasteiger partial charge in [-0.15, -0.1) is 11.3 Å². The average molecular weight is 725 g/mol. The van der Waals surface area contributed by atoms with Crippen molar-refractivity contribution in [2.24, 2.45) is 23.0 Å². The van der Waals surface area contributed by atoms with Crippen LogP contribution in [0.1, 0.15) is 98.8 Å². The summed E-state index contributed by atoms with van der Waals surface area (Å²) in [5, 5.41) is 10.3. The van der Waals surface area contributed by atoms with Crippen LogP contribution in [0.2, 0.25) is 0 Å². The van der Waals surface area contributed by atoms with Crippen molar-refractivity contribution >= 4 is 50.9 Å². The first-order valence-electron chi connectivity index (χ1n) is 17.5. The number of thiophene rings is 1. The summed E-state index contributed by atoms with van der Waals surface area (Å²) in [6, 6.07) is -0.914. The Kier molecular flexibility index (Phi) is 14.6. The first kappa shape index (κ1) is 40.4. The van der Waals surface area contributed by atoms with E-state index in [2.05, 4.69) is 16.0 Å². The predicted molar refractivity (Wildman–Crippen MR) is 189 cm³/mol. The Balaban J connectivity index is 1.86. The topological polar surface area (TPSA) is 188 Å². The van der Waals surface area contributed by atoms with Gasteiger partial charge in [0.25, 0.3) is 15.9 Å². The highest BCUT2D eigenvalue weighted by Gasteiger charge is 2.46. The molecule has 5 atom stereocenters. The van der Waals surface area contributed by atoms with Crippen molar-refractivity contribution < 1.29 is 32.4 Å². The average Bonchev–Trinajstić information content (AvgIpc) is 3.72. The number of likely N-dealkylation sites (N-methyl/N-ethyl adjacent to an activating group) is 1. The Bertz CT molecular complexity index is 1410. The van der Waals surface area contributed by atoms with Crippen LogP contribution in [0.5, 0.6) is 0 Å².